The number of thiophene rings is 1. The highest BCUT2D eigenvalue weighted by Gasteiger charge is 2.33. The molecule has 1 fully saturated rings. The maximum absolute atomic E-state index is 11.6. The molecule has 0 aliphatic carbocycles. The summed E-state index contributed by atoms with van der Waals surface area (Å²) in [5.41, 5.74) is 1.25. The van der Waals surface area contributed by atoms with Crippen LogP contribution in [0, 0.1) is 12.8 Å². The van der Waals surface area contributed by atoms with Gasteiger partial charge in [-0.3, -0.25) is 9.59 Å². The smallest absolute Gasteiger partial charge is 0.308 e. The molecule has 0 radical (unpaired) electrons. The number of amides is 1. The van der Waals surface area contributed by atoms with Gasteiger partial charge in [0.05, 0.1) is 5.92 Å². The van der Waals surface area contributed by atoms with Crippen LogP contribution in [0.5, 0.6) is 0 Å². The number of carbonyl (C=O) groups is 2. The molecule has 17 heavy (non-hydrogen) atoms. The lowest BCUT2D eigenvalue weighted by Crippen LogP contribution is -2.28. The summed E-state index contributed by atoms with van der Waals surface area (Å²) in [6.07, 6.45) is 0.973. The van der Waals surface area contributed by atoms with E-state index in [4.69, 9.17) is 5.11 Å². The summed E-state index contributed by atoms with van der Waals surface area (Å²) < 4.78 is 0. The Morgan fingerprint density at radius 2 is 2.41 bits per heavy atom. The molecule has 5 heteroatoms. The molecule has 2 rings (SSSR count). The van der Waals surface area contributed by atoms with Crippen LogP contribution < -0.4 is 0 Å². The highest BCUT2D eigenvalue weighted by Crippen LogP contribution is 2.21. The van der Waals surface area contributed by atoms with Gasteiger partial charge in [-0.05, 0) is 30.4 Å². The number of carbonyl (C=O) groups excluding carboxylic acids is 1. The van der Waals surface area contributed by atoms with E-state index in [2.05, 4.69) is 13.0 Å². The third-order valence-electron chi connectivity index (χ3n) is 3.14. The van der Waals surface area contributed by atoms with E-state index in [0.29, 0.717) is 13.1 Å². The van der Waals surface area contributed by atoms with E-state index >= 15 is 0 Å². The largest absolute Gasteiger partial charge is 0.481 e. The van der Waals surface area contributed by atoms with Gasteiger partial charge in [-0.15, -0.1) is 11.3 Å². The molecule has 1 aliphatic heterocycles. The van der Waals surface area contributed by atoms with Crippen LogP contribution >= 0.6 is 11.3 Å². The Kier molecular flexibility index (Phi) is 3.47. The molecule has 1 aliphatic rings. The van der Waals surface area contributed by atoms with Crippen LogP contribution in [0.3, 0.4) is 0 Å². The molecule has 0 spiro atoms. The summed E-state index contributed by atoms with van der Waals surface area (Å²) in [5.74, 6) is -1.42. The lowest BCUT2D eigenvalue weighted by Gasteiger charge is -2.15. The second-order valence-electron chi connectivity index (χ2n) is 4.36. The summed E-state index contributed by atoms with van der Waals surface area (Å²) in [7, 11) is 0. The zero-order valence-corrected chi connectivity index (χ0v) is 10.5. The Balaban J connectivity index is 1.90. The lowest BCUT2D eigenvalue weighted by atomic mass is 10.1. The fourth-order valence-corrected chi connectivity index (χ4v) is 2.95. The van der Waals surface area contributed by atoms with Gasteiger partial charge in [-0.1, -0.05) is 0 Å². The number of hydrogen-bond acceptors (Lipinski definition) is 3. The minimum absolute atomic E-state index is 0.0355. The topological polar surface area (TPSA) is 57.6 Å². The average molecular weight is 253 g/mol. The molecule has 0 aromatic carbocycles. The fraction of sp³-hybridized carbons (Fsp3) is 0.500. The maximum Gasteiger partial charge on any atom is 0.308 e. The summed E-state index contributed by atoms with van der Waals surface area (Å²) in [5, 5.41) is 10.9. The number of aliphatic carboxylic acids is 1. The molecular formula is C12H15NO3S. The minimum atomic E-state index is -0.867. The summed E-state index contributed by atoms with van der Waals surface area (Å²) in [4.78, 5) is 25.3. The Bertz CT molecular complexity index is 441. The van der Waals surface area contributed by atoms with E-state index in [0.717, 1.165) is 6.42 Å². The fourth-order valence-electron chi connectivity index (χ4n) is 2.05. The SMILES string of the molecule is Cc1ccsc1CCN1CC(C(=O)O)CC1=O. The van der Waals surface area contributed by atoms with Crippen LogP contribution in [0.1, 0.15) is 16.9 Å². The van der Waals surface area contributed by atoms with Crippen molar-refractivity contribution in [2.75, 3.05) is 13.1 Å². The van der Waals surface area contributed by atoms with Crippen LogP contribution in [0.4, 0.5) is 0 Å². The molecule has 1 amide bonds. The molecule has 1 aromatic rings. The minimum Gasteiger partial charge on any atom is -0.481 e. The lowest BCUT2D eigenvalue weighted by molar-refractivity contribution is -0.141. The summed E-state index contributed by atoms with van der Waals surface area (Å²) in [6, 6.07) is 2.06. The molecule has 4 nitrogen and oxygen atoms in total. The number of rotatable bonds is 4. The van der Waals surface area contributed by atoms with Crippen LogP contribution in [-0.2, 0) is 16.0 Å². The number of carboxylic acid groups (broad SMARTS) is 1. The predicted octanol–water partition coefficient (Wildman–Crippen LogP) is 1.53. The van der Waals surface area contributed by atoms with Crippen molar-refractivity contribution in [3.63, 3.8) is 0 Å². The van der Waals surface area contributed by atoms with Gasteiger partial charge in [-0.25, -0.2) is 0 Å². The standard InChI is InChI=1S/C12H15NO3S/c1-8-3-5-17-10(8)2-4-13-7-9(12(15)16)6-11(13)14/h3,5,9H,2,4,6-7H2,1H3,(H,15,16). The molecule has 1 aromatic heterocycles. The van der Waals surface area contributed by atoms with Gasteiger partial charge < -0.3 is 10.0 Å². The Morgan fingerprint density at radius 3 is 2.94 bits per heavy atom. The zero-order valence-electron chi connectivity index (χ0n) is 9.68. The molecule has 1 N–H and O–H groups in total. The number of likely N-dealkylation sites (tertiary alicyclic amines) is 1. The molecule has 0 saturated carbocycles. The number of carboxylic acids is 1. The quantitative estimate of drug-likeness (QED) is 0.885. The van der Waals surface area contributed by atoms with E-state index in [-0.39, 0.29) is 12.3 Å². The van der Waals surface area contributed by atoms with E-state index in [1.54, 1.807) is 16.2 Å². The number of hydrogen-bond donors (Lipinski definition) is 1. The number of nitrogens with zero attached hydrogens (tertiary/aromatic N) is 1. The summed E-state index contributed by atoms with van der Waals surface area (Å²) >= 11 is 1.69. The van der Waals surface area contributed by atoms with Crippen LogP contribution in [0.2, 0.25) is 0 Å². The first-order valence-electron chi connectivity index (χ1n) is 5.61. The second kappa shape index (κ2) is 4.87. The third-order valence-corrected chi connectivity index (χ3v) is 4.22. The van der Waals surface area contributed by atoms with Crippen molar-refractivity contribution in [3.8, 4) is 0 Å². The summed E-state index contributed by atoms with van der Waals surface area (Å²) in [6.45, 7) is 3.04. The first-order chi connectivity index (χ1) is 8.08. The normalized spacial score (nSPS) is 19.9. The van der Waals surface area contributed by atoms with Crippen molar-refractivity contribution in [1.29, 1.82) is 0 Å². The van der Waals surface area contributed by atoms with Crippen molar-refractivity contribution in [1.82, 2.24) is 4.90 Å². The first kappa shape index (κ1) is 12.1. The molecule has 1 atom stereocenters. The van der Waals surface area contributed by atoms with Crippen molar-refractivity contribution in [2.45, 2.75) is 19.8 Å². The Labute approximate surface area is 104 Å². The second-order valence-corrected chi connectivity index (χ2v) is 5.36. The first-order valence-corrected chi connectivity index (χ1v) is 6.49. The van der Waals surface area contributed by atoms with Crippen molar-refractivity contribution >= 4 is 23.2 Å². The van der Waals surface area contributed by atoms with E-state index < -0.39 is 11.9 Å². The highest BCUT2D eigenvalue weighted by molar-refractivity contribution is 7.10. The molecule has 0 bridgehead atoms. The molecule has 1 saturated heterocycles. The molecular weight excluding hydrogens is 238 g/mol. The van der Waals surface area contributed by atoms with Crippen LogP contribution in [-0.4, -0.2) is 35.0 Å². The van der Waals surface area contributed by atoms with Crippen LogP contribution in [0.15, 0.2) is 11.4 Å². The van der Waals surface area contributed by atoms with Gasteiger partial charge in [0.15, 0.2) is 0 Å². The van der Waals surface area contributed by atoms with Gasteiger partial charge in [0.25, 0.3) is 0 Å². The predicted molar refractivity (Wildman–Crippen MR) is 65.1 cm³/mol. The van der Waals surface area contributed by atoms with E-state index in [9.17, 15) is 9.59 Å². The van der Waals surface area contributed by atoms with Crippen molar-refractivity contribution in [3.05, 3.63) is 21.9 Å². The number of aryl methyl sites for hydroxylation is 1. The van der Waals surface area contributed by atoms with Crippen molar-refractivity contribution in [2.24, 2.45) is 5.92 Å². The highest BCUT2D eigenvalue weighted by atomic mass is 32.1. The van der Waals surface area contributed by atoms with Gasteiger partial charge in [-0.2, -0.15) is 0 Å². The van der Waals surface area contributed by atoms with Gasteiger partial charge in [0.1, 0.15) is 0 Å². The van der Waals surface area contributed by atoms with Gasteiger partial charge in [0, 0.05) is 24.4 Å². The third kappa shape index (κ3) is 2.66. The molecule has 1 unspecified atom stereocenters. The van der Waals surface area contributed by atoms with E-state index in [1.807, 2.05) is 5.38 Å². The Morgan fingerprint density at radius 1 is 1.65 bits per heavy atom. The average Bonchev–Trinajstić information content (AvgIpc) is 2.82. The maximum atomic E-state index is 11.6. The van der Waals surface area contributed by atoms with E-state index in [1.165, 1.54) is 10.4 Å². The van der Waals surface area contributed by atoms with Gasteiger partial charge in [0.2, 0.25) is 5.91 Å². The molecule has 92 valence electrons. The van der Waals surface area contributed by atoms with Crippen LogP contribution in [0.25, 0.3) is 0 Å². The van der Waals surface area contributed by atoms with Crippen molar-refractivity contribution < 1.29 is 14.7 Å². The monoisotopic (exact) mass is 253 g/mol. The van der Waals surface area contributed by atoms with Gasteiger partial charge >= 0.3 is 5.97 Å². The molecule has 2 heterocycles. The zero-order chi connectivity index (χ0) is 12.4. The Hall–Kier alpha value is -1.36.